The molecule has 0 rings (SSSR count). The first kappa shape index (κ1) is 22.7. The van der Waals surface area contributed by atoms with Crippen molar-refractivity contribution in [1.29, 1.82) is 0 Å². The number of nitrogens with two attached hydrogens (primary N) is 1. The number of hydrogen-bond acceptors (Lipinski definition) is 1. The minimum atomic E-state index is 0.470. The van der Waals surface area contributed by atoms with Gasteiger partial charge in [-0.2, -0.15) is 0 Å². The van der Waals surface area contributed by atoms with Crippen molar-refractivity contribution >= 4 is 0 Å². The van der Waals surface area contributed by atoms with E-state index in [-0.39, 0.29) is 0 Å². The maximum Gasteiger partial charge on any atom is 0.0243 e. The summed E-state index contributed by atoms with van der Waals surface area (Å²) in [4.78, 5) is 0. The Balaban J connectivity index is 0. The largest absolute Gasteiger partial charge is 0.399 e. The van der Waals surface area contributed by atoms with E-state index >= 15 is 0 Å². The molecule has 1 nitrogen and oxygen atoms in total. The smallest absolute Gasteiger partial charge is 0.0243 e. The molecule has 0 aliphatic carbocycles. The molecule has 0 heterocycles. The first-order chi connectivity index (χ1) is 10.6. The molecule has 23 heavy (non-hydrogen) atoms. The molecule has 0 radical (unpaired) electrons. The number of rotatable bonds is 8. The summed E-state index contributed by atoms with van der Waals surface area (Å²) in [6, 6.07) is 0. The molecule has 0 spiro atoms. The molecule has 0 aromatic carbocycles. The van der Waals surface area contributed by atoms with Gasteiger partial charge >= 0.3 is 0 Å². The van der Waals surface area contributed by atoms with Crippen LogP contribution in [-0.2, 0) is 0 Å². The number of hydrogen-bond donors (Lipinski definition) is 1. The van der Waals surface area contributed by atoms with Crippen LogP contribution < -0.4 is 5.73 Å². The van der Waals surface area contributed by atoms with Crippen molar-refractivity contribution in [2.45, 2.75) is 20.8 Å². The molecule has 0 saturated heterocycles. The van der Waals surface area contributed by atoms with Crippen LogP contribution >= 0.6 is 0 Å². The third-order valence-corrected chi connectivity index (χ3v) is 2.67. The van der Waals surface area contributed by atoms with Crippen molar-refractivity contribution in [3.63, 3.8) is 0 Å². The lowest BCUT2D eigenvalue weighted by atomic mass is 10.0. The van der Waals surface area contributed by atoms with Crippen molar-refractivity contribution in [3.8, 4) is 0 Å². The van der Waals surface area contributed by atoms with Crippen molar-refractivity contribution in [3.05, 3.63) is 110 Å². The van der Waals surface area contributed by atoms with E-state index in [0.29, 0.717) is 11.6 Å². The molecule has 0 aliphatic heterocycles. The quantitative estimate of drug-likeness (QED) is 0.531. The predicted molar refractivity (Wildman–Crippen MR) is 108 cm³/mol. The first-order valence-corrected chi connectivity index (χ1v) is 7.44. The molecule has 0 fully saturated rings. The van der Waals surface area contributed by atoms with Gasteiger partial charge in [0.15, 0.2) is 0 Å². The second-order valence-corrected chi connectivity index (χ2v) is 5.40. The van der Waals surface area contributed by atoms with E-state index in [9.17, 15) is 0 Å². The van der Waals surface area contributed by atoms with Crippen LogP contribution in [0.25, 0.3) is 0 Å². The van der Waals surface area contributed by atoms with E-state index in [1.54, 1.807) is 6.08 Å². The van der Waals surface area contributed by atoms with Gasteiger partial charge in [0, 0.05) is 5.70 Å². The van der Waals surface area contributed by atoms with E-state index in [1.165, 1.54) is 0 Å². The average Bonchev–Trinajstić information content (AvgIpc) is 2.47. The van der Waals surface area contributed by atoms with Crippen molar-refractivity contribution in [2.24, 2.45) is 11.7 Å². The van der Waals surface area contributed by atoms with Crippen LogP contribution in [0.4, 0.5) is 0 Å². The van der Waals surface area contributed by atoms with Crippen LogP contribution in [-0.4, -0.2) is 0 Å². The first-order valence-electron chi connectivity index (χ1n) is 7.44. The van der Waals surface area contributed by atoms with Gasteiger partial charge in [-0.05, 0) is 35.6 Å². The van der Waals surface area contributed by atoms with Gasteiger partial charge in [0.05, 0.1) is 0 Å². The van der Waals surface area contributed by atoms with Crippen LogP contribution in [0.15, 0.2) is 110 Å². The third kappa shape index (κ3) is 14.2. The summed E-state index contributed by atoms with van der Waals surface area (Å²) >= 11 is 0. The molecule has 0 aromatic heterocycles. The lowest BCUT2D eigenvalue weighted by Gasteiger charge is -2.04. The topological polar surface area (TPSA) is 26.0 Å². The van der Waals surface area contributed by atoms with Gasteiger partial charge in [-0.3, -0.25) is 0 Å². The predicted octanol–water partition coefficient (Wildman–Crippen LogP) is 6.20. The van der Waals surface area contributed by atoms with Gasteiger partial charge in [-0.1, -0.05) is 95.4 Å². The molecule has 0 saturated carbocycles. The lowest BCUT2D eigenvalue weighted by Crippen LogP contribution is -1.95. The fourth-order valence-electron chi connectivity index (χ4n) is 1.32. The second kappa shape index (κ2) is 13.1. The molecule has 0 aliphatic rings. The highest BCUT2D eigenvalue weighted by atomic mass is 14.5. The summed E-state index contributed by atoms with van der Waals surface area (Å²) < 4.78 is 0. The maximum atomic E-state index is 5.39. The molecule has 0 bridgehead atoms. The van der Waals surface area contributed by atoms with Crippen LogP contribution in [0.2, 0.25) is 0 Å². The van der Waals surface area contributed by atoms with Gasteiger partial charge in [-0.15, -0.1) is 0 Å². The van der Waals surface area contributed by atoms with Gasteiger partial charge in [0.1, 0.15) is 0 Å². The number of allylic oxidation sites excluding steroid dienone is 11. The molecular weight excluding hydrogens is 278 g/mol. The van der Waals surface area contributed by atoms with Gasteiger partial charge in [-0.25, -0.2) is 0 Å². The summed E-state index contributed by atoms with van der Waals surface area (Å²) in [6.45, 7) is 28.4. The minimum absolute atomic E-state index is 0.470. The molecule has 124 valence electrons. The Kier molecular flexibility index (Phi) is 13.0. The third-order valence-electron chi connectivity index (χ3n) is 2.67. The Hall–Kier alpha value is -2.54. The summed E-state index contributed by atoms with van der Waals surface area (Å²) in [5.74, 6) is 0.470. The Morgan fingerprint density at radius 1 is 0.913 bits per heavy atom. The van der Waals surface area contributed by atoms with Gasteiger partial charge in [0.25, 0.3) is 0 Å². The minimum Gasteiger partial charge on any atom is -0.399 e. The van der Waals surface area contributed by atoms with Crippen molar-refractivity contribution in [1.82, 2.24) is 0 Å². The average molecular weight is 309 g/mol. The summed E-state index contributed by atoms with van der Waals surface area (Å²) in [7, 11) is 0. The van der Waals surface area contributed by atoms with Crippen LogP contribution in [0, 0.1) is 5.92 Å². The molecule has 0 amide bonds. The fourth-order valence-corrected chi connectivity index (χ4v) is 1.32. The Morgan fingerprint density at radius 3 is 1.74 bits per heavy atom. The summed E-state index contributed by atoms with van der Waals surface area (Å²) in [5.41, 5.74) is 9.88. The highest BCUT2D eigenvalue weighted by molar-refractivity contribution is 5.44. The SMILES string of the molecule is C=C/C(=C\C(=C)N)C(C)C.C=C/C=C\C(=C)C(=C)/C=C\C(=C)C. The Morgan fingerprint density at radius 2 is 1.43 bits per heavy atom. The van der Waals surface area contributed by atoms with E-state index in [2.05, 4.69) is 53.3 Å². The Bertz CT molecular complexity index is 549. The summed E-state index contributed by atoms with van der Waals surface area (Å²) in [6.07, 6.45) is 12.9. The van der Waals surface area contributed by atoms with Crippen LogP contribution in [0.3, 0.4) is 0 Å². The van der Waals surface area contributed by atoms with Crippen LogP contribution in [0.5, 0.6) is 0 Å². The molecule has 0 atom stereocenters. The van der Waals surface area contributed by atoms with E-state index in [4.69, 9.17) is 5.73 Å². The molecule has 1 heteroatoms. The van der Waals surface area contributed by atoms with Crippen LogP contribution in [0.1, 0.15) is 20.8 Å². The fraction of sp³-hybridized carbons (Fsp3) is 0.182. The summed E-state index contributed by atoms with van der Waals surface area (Å²) in [5, 5.41) is 0. The zero-order valence-electron chi connectivity index (χ0n) is 14.9. The van der Waals surface area contributed by atoms with Gasteiger partial charge in [0.2, 0.25) is 0 Å². The maximum absolute atomic E-state index is 5.39. The van der Waals surface area contributed by atoms with Crippen molar-refractivity contribution < 1.29 is 0 Å². The Labute approximate surface area is 143 Å². The molecule has 0 aromatic rings. The standard InChI is InChI=1S/C13H16.C9H15N/c1-6-7-8-12(4)13(5)10-9-11(2)3;1-5-9(7(2)3)6-8(4)10/h6-10H,1-2,4-5H2,3H3;5-7H,1,4,10H2,2-3H3/b8-7-,10-9-;9-6+. The highest BCUT2D eigenvalue weighted by Crippen LogP contribution is 2.10. The zero-order valence-corrected chi connectivity index (χ0v) is 14.9. The molecule has 2 N–H and O–H groups in total. The molecular formula is C22H31N. The zero-order chi connectivity index (χ0) is 18.4. The van der Waals surface area contributed by atoms with Gasteiger partial charge < -0.3 is 5.73 Å². The molecule has 0 unspecified atom stereocenters. The van der Waals surface area contributed by atoms with E-state index in [0.717, 1.165) is 22.3 Å². The highest BCUT2D eigenvalue weighted by Gasteiger charge is 1.96. The second-order valence-electron chi connectivity index (χ2n) is 5.40. The van der Waals surface area contributed by atoms with Crippen molar-refractivity contribution in [2.75, 3.05) is 0 Å². The van der Waals surface area contributed by atoms with E-state index in [1.807, 2.05) is 43.4 Å². The monoisotopic (exact) mass is 309 g/mol. The van der Waals surface area contributed by atoms with E-state index < -0.39 is 0 Å². The normalized spacial score (nSPS) is 11.0. The lowest BCUT2D eigenvalue weighted by molar-refractivity contribution is 0.791.